The number of amides is 1. The smallest absolute Gasteiger partial charge is 0.254 e. The summed E-state index contributed by atoms with van der Waals surface area (Å²) in [6, 6.07) is 7.47. The summed E-state index contributed by atoms with van der Waals surface area (Å²) in [5, 5.41) is 0. The number of likely N-dealkylation sites (tertiary alicyclic amines) is 2. The standard InChI is InChI=1S/C21H30N2O/c1-15-7-8-16(2)19(13-15)21(24)23-12-10-17-9-11-22(14-20(17)23)18-5-3-4-6-18/h7-8,13,17-18,20H,3-6,9-12,14H2,1-2H3. The number of aryl methyl sites for hydroxylation is 2. The van der Waals surface area contributed by atoms with Gasteiger partial charge in [0, 0.05) is 30.7 Å². The normalized spacial score (nSPS) is 28.3. The number of fused-ring (bicyclic) bond motifs is 1. The zero-order valence-corrected chi connectivity index (χ0v) is 15.1. The molecule has 1 amide bonds. The monoisotopic (exact) mass is 326 g/mol. The molecule has 0 spiro atoms. The van der Waals surface area contributed by atoms with Gasteiger partial charge < -0.3 is 4.90 Å². The van der Waals surface area contributed by atoms with Gasteiger partial charge in [-0.2, -0.15) is 0 Å². The van der Waals surface area contributed by atoms with Gasteiger partial charge in [-0.25, -0.2) is 0 Å². The Balaban J connectivity index is 1.53. The second-order valence-corrected chi connectivity index (χ2v) is 8.15. The summed E-state index contributed by atoms with van der Waals surface area (Å²) in [5.41, 5.74) is 3.20. The van der Waals surface area contributed by atoms with E-state index >= 15 is 0 Å². The molecule has 2 unspecified atom stereocenters. The molecule has 24 heavy (non-hydrogen) atoms. The van der Waals surface area contributed by atoms with Gasteiger partial charge in [-0.3, -0.25) is 9.69 Å². The molecule has 0 aromatic heterocycles. The van der Waals surface area contributed by atoms with Crippen LogP contribution in [0.3, 0.4) is 0 Å². The molecule has 0 bridgehead atoms. The number of hydrogen-bond donors (Lipinski definition) is 0. The Hall–Kier alpha value is -1.35. The largest absolute Gasteiger partial charge is 0.334 e. The topological polar surface area (TPSA) is 23.6 Å². The third kappa shape index (κ3) is 2.88. The summed E-state index contributed by atoms with van der Waals surface area (Å²) in [7, 11) is 0. The molecule has 3 fully saturated rings. The Bertz CT molecular complexity index is 620. The van der Waals surface area contributed by atoms with E-state index in [2.05, 4.69) is 41.8 Å². The van der Waals surface area contributed by atoms with E-state index < -0.39 is 0 Å². The Labute approximate surface area is 146 Å². The van der Waals surface area contributed by atoms with Crippen LogP contribution in [-0.2, 0) is 0 Å². The van der Waals surface area contributed by atoms with Crippen LogP contribution in [0.4, 0.5) is 0 Å². The first-order valence-corrected chi connectivity index (χ1v) is 9.76. The molecular formula is C21H30N2O. The van der Waals surface area contributed by atoms with Crippen LogP contribution in [0.15, 0.2) is 18.2 Å². The quantitative estimate of drug-likeness (QED) is 0.826. The van der Waals surface area contributed by atoms with E-state index in [-0.39, 0.29) is 5.91 Å². The van der Waals surface area contributed by atoms with Crippen LogP contribution in [-0.4, -0.2) is 47.4 Å². The Kier molecular flexibility index (Phi) is 4.38. The molecule has 1 aliphatic carbocycles. The minimum atomic E-state index is 0.261. The van der Waals surface area contributed by atoms with Crippen molar-refractivity contribution in [3.63, 3.8) is 0 Å². The molecule has 2 atom stereocenters. The van der Waals surface area contributed by atoms with E-state index in [0.29, 0.717) is 6.04 Å². The minimum Gasteiger partial charge on any atom is -0.334 e. The predicted molar refractivity (Wildman–Crippen MR) is 97.3 cm³/mol. The predicted octanol–water partition coefficient (Wildman–Crippen LogP) is 3.78. The van der Waals surface area contributed by atoms with Crippen molar-refractivity contribution in [1.82, 2.24) is 9.80 Å². The second kappa shape index (κ2) is 6.51. The molecule has 0 radical (unpaired) electrons. The number of rotatable bonds is 2. The van der Waals surface area contributed by atoms with Gasteiger partial charge in [-0.15, -0.1) is 0 Å². The summed E-state index contributed by atoms with van der Waals surface area (Å²) in [5.74, 6) is 0.980. The fourth-order valence-electron chi connectivity index (χ4n) is 5.14. The lowest BCUT2D eigenvalue weighted by Gasteiger charge is -2.41. The van der Waals surface area contributed by atoms with Gasteiger partial charge in [-0.1, -0.05) is 30.5 Å². The van der Waals surface area contributed by atoms with Gasteiger partial charge in [0.25, 0.3) is 5.91 Å². The van der Waals surface area contributed by atoms with E-state index in [4.69, 9.17) is 0 Å². The zero-order chi connectivity index (χ0) is 16.7. The van der Waals surface area contributed by atoms with Crippen LogP contribution >= 0.6 is 0 Å². The van der Waals surface area contributed by atoms with Gasteiger partial charge in [-0.05, 0) is 63.6 Å². The van der Waals surface area contributed by atoms with Crippen molar-refractivity contribution in [3.05, 3.63) is 34.9 Å². The number of piperidine rings is 1. The van der Waals surface area contributed by atoms with Crippen LogP contribution in [0.2, 0.25) is 0 Å². The average molecular weight is 326 g/mol. The summed E-state index contributed by atoms with van der Waals surface area (Å²) >= 11 is 0. The summed E-state index contributed by atoms with van der Waals surface area (Å²) in [4.78, 5) is 18.1. The Morgan fingerprint density at radius 3 is 2.58 bits per heavy atom. The van der Waals surface area contributed by atoms with Crippen molar-refractivity contribution in [2.24, 2.45) is 5.92 Å². The van der Waals surface area contributed by atoms with E-state index in [1.54, 1.807) is 0 Å². The van der Waals surface area contributed by atoms with E-state index in [1.807, 2.05) is 0 Å². The maximum absolute atomic E-state index is 13.2. The lowest BCUT2D eigenvalue weighted by atomic mass is 9.91. The molecule has 2 aliphatic heterocycles. The minimum absolute atomic E-state index is 0.261. The van der Waals surface area contributed by atoms with Gasteiger partial charge in [0.2, 0.25) is 0 Å². The fourth-order valence-corrected chi connectivity index (χ4v) is 5.14. The molecule has 130 valence electrons. The Morgan fingerprint density at radius 1 is 1.04 bits per heavy atom. The van der Waals surface area contributed by atoms with Crippen LogP contribution in [0.1, 0.15) is 60.0 Å². The van der Waals surface area contributed by atoms with Crippen molar-refractivity contribution in [1.29, 1.82) is 0 Å². The number of carbonyl (C=O) groups is 1. The summed E-state index contributed by atoms with van der Waals surface area (Å²) in [6.07, 6.45) is 7.98. The van der Waals surface area contributed by atoms with Gasteiger partial charge in [0.05, 0.1) is 0 Å². The Morgan fingerprint density at radius 2 is 1.79 bits per heavy atom. The first-order valence-electron chi connectivity index (χ1n) is 9.76. The second-order valence-electron chi connectivity index (χ2n) is 8.15. The molecule has 0 N–H and O–H groups in total. The highest BCUT2D eigenvalue weighted by molar-refractivity contribution is 5.96. The molecular weight excluding hydrogens is 296 g/mol. The van der Waals surface area contributed by atoms with E-state index in [9.17, 15) is 4.79 Å². The zero-order valence-electron chi connectivity index (χ0n) is 15.1. The molecule has 1 saturated carbocycles. The highest BCUT2D eigenvalue weighted by atomic mass is 16.2. The van der Waals surface area contributed by atoms with E-state index in [1.165, 1.54) is 50.6 Å². The van der Waals surface area contributed by atoms with Gasteiger partial charge in [0.15, 0.2) is 0 Å². The van der Waals surface area contributed by atoms with Crippen LogP contribution in [0.25, 0.3) is 0 Å². The SMILES string of the molecule is Cc1ccc(C)c(C(=O)N2CCC3CCN(C4CCCC4)CC32)c1. The maximum Gasteiger partial charge on any atom is 0.254 e. The third-order valence-corrected chi connectivity index (χ3v) is 6.62. The average Bonchev–Trinajstić information content (AvgIpc) is 3.25. The third-order valence-electron chi connectivity index (χ3n) is 6.62. The lowest BCUT2D eigenvalue weighted by molar-refractivity contribution is 0.0521. The highest BCUT2D eigenvalue weighted by Crippen LogP contribution is 2.36. The summed E-state index contributed by atoms with van der Waals surface area (Å²) < 4.78 is 0. The summed E-state index contributed by atoms with van der Waals surface area (Å²) in [6.45, 7) is 7.43. The molecule has 2 heterocycles. The molecule has 3 heteroatoms. The maximum atomic E-state index is 13.2. The number of carbonyl (C=O) groups excluding carboxylic acids is 1. The van der Waals surface area contributed by atoms with Crippen molar-refractivity contribution in [3.8, 4) is 0 Å². The van der Waals surface area contributed by atoms with Crippen LogP contribution in [0.5, 0.6) is 0 Å². The van der Waals surface area contributed by atoms with Gasteiger partial charge in [0.1, 0.15) is 0 Å². The van der Waals surface area contributed by atoms with Crippen molar-refractivity contribution in [2.45, 2.75) is 64.5 Å². The van der Waals surface area contributed by atoms with E-state index in [0.717, 1.165) is 36.2 Å². The molecule has 3 aliphatic rings. The van der Waals surface area contributed by atoms with Crippen LogP contribution in [0, 0.1) is 19.8 Å². The number of hydrogen-bond acceptors (Lipinski definition) is 2. The molecule has 4 rings (SSSR count). The number of benzene rings is 1. The first-order chi connectivity index (χ1) is 11.6. The first kappa shape index (κ1) is 16.1. The highest BCUT2D eigenvalue weighted by Gasteiger charge is 2.42. The fraction of sp³-hybridized carbons (Fsp3) is 0.667. The molecule has 3 nitrogen and oxygen atoms in total. The lowest BCUT2D eigenvalue weighted by Crippen LogP contribution is -2.52. The van der Waals surface area contributed by atoms with Gasteiger partial charge >= 0.3 is 0 Å². The van der Waals surface area contributed by atoms with Crippen molar-refractivity contribution in [2.75, 3.05) is 19.6 Å². The van der Waals surface area contributed by atoms with Crippen molar-refractivity contribution >= 4 is 5.91 Å². The number of nitrogens with zero attached hydrogens (tertiary/aromatic N) is 2. The van der Waals surface area contributed by atoms with Crippen molar-refractivity contribution < 1.29 is 4.79 Å². The molecule has 2 saturated heterocycles. The molecule has 1 aromatic rings. The van der Waals surface area contributed by atoms with Crippen LogP contribution < -0.4 is 0 Å². The molecule has 1 aromatic carbocycles.